The second-order valence-corrected chi connectivity index (χ2v) is 8.77. The molecule has 1 N–H and O–H groups in total. The molecule has 5 rings (SSSR count). The maximum absolute atomic E-state index is 13.4. The van der Waals surface area contributed by atoms with Crippen LogP contribution >= 0.6 is 11.6 Å². The largest absolute Gasteiger partial charge is 0.351 e. The summed E-state index contributed by atoms with van der Waals surface area (Å²) in [6.45, 7) is 1.34. The number of halogens is 1. The smallest absolute Gasteiger partial charge is 0.254 e. The summed E-state index contributed by atoms with van der Waals surface area (Å²) in [6.07, 6.45) is 3.13. The minimum Gasteiger partial charge on any atom is -0.351 e. The van der Waals surface area contributed by atoms with Crippen molar-refractivity contribution in [3.8, 4) is 11.1 Å². The van der Waals surface area contributed by atoms with Gasteiger partial charge in [-0.1, -0.05) is 54.1 Å². The summed E-state index contributed by atoms with van der Waals surface area (Å²) in [4.78, 5) is 27.0. The van der Waals surface area contributed by atoms with Gasteiger partial charge in [0, 0.05) is 35.6 Å². The number of carbonyl (C=O) groups is 2. The number of piperidine rings is 1. The lowest BCUT2D eigenvalue weighted by Crippen LogP contribution is -2.52. The van der Waals surface area contributed by atoms with Crippen molar-refractivity contribution in [2.45, 2.75) is 31.2 Å². The first-order valence-electron chi connectivity index (χ1n) is 10.4. The average Bonchev–Trinajstić information content (AvgIpc) is 3.12. The van der Waals surface area contributed by atoms with Crippen LogP contribution in [0.4, 0.5) is 0 Å². The average molecular weight is 419 g/mol. The number of rotatable bonds is 2. The summed E-state index contributed by atoms with van der Waals surface area (Å²) >= 11 is 6.20. The molecule has 2 amide bonds. The molecule has 30 heavy (non-hydrogen) atoms. The van der Waals surface area contributed by atoms with Crippen molar-refractivity contribution >= 4 is 34.2 Å². The zero-order valence-electron chi connectivity index (χ0n) is 16.7. The molecule has 152 valence electrons. The highest BCUT2D eigenvalue weighted by atomic mass is 35.5. The van der Waals surface area contributed by atoms with E-state index in [9.17, 15) is 9.59 Å². The third-order valence-corrected chi connectivity index (χ3v) is 6.77. The summed E-state index contributed by atoms with van der Waals surface area (Å²) in [7, 11) is 0. The van der Waals surface area contributed by atoms with E-state index >= 15 is 0 Å². The van der Waals surface area contributed by atoms with Gasteiger partial charge in [0.1, 0.15) is 0 Å². The summed E-state index contributed by atoms with van der Waals surface area (Å²) in [5.74, 6) is 0.195. The van der Waals surface area contributed by atoms with E-state index in [-0.39, 0.29) is 17.4 Å². The van der Waals surface area contributed by atoms with Crippen molar-refractivity contribution in [1.82, 2.24) is 10.2 Å². The van der Waals surface area contributed by atoms with Gasteiger partial charge in [-0.2, -0.15) is 0 Å². The predicted octanol–water partition coefficient (Wildman–Crippen LogP) is 5.05. The number of fused-ring (bicyclic) bond motifs is 1. The number of hydrogen-bond acceptors (Lipinski definition) is 2. The van der Waals surface area contributed by atoms with E-state index in [1.807, 2.05) is 53.4 Å². The second kappa shape index (κ2) is 7.44. The van der Waals surface area contributed by atoms with Crippen LogP contribution in [0, 0.1) is 0 Å². The van der Waals surface area contributed by atoms with Gasteiger partial charge in [0.25, 0.3) is 5.91 Å². The molecule has 3 aromatic carbocycles. The third-order valence-electron chi connectivity index (χ3n) is 6.53. The standard InChI is InChI=1S/C25H23ClN2O2/c26-18-5-1-4-17(16-18)19-6-2-8-21-20(19)7-3-9-22(21)24(30)28-14-12-25(13-15-28)11-10-23(29)27-25/h1-9,16H,10-15H2,(H,27,29). The van der Waals surface area contributed by atoms with Gasteiger partial charge < -0.3 is 10.2 Å². The Bertz CT molecular complexity index is 1150. The van der Waals surface area contributed by atoms with Crippen LogP contribution in [-0.2, 0) is 4.79 Å². The fourth-order valence-electron chi connectivity index (χ4n) is 4.86. The Morgan fingerprint density at radius 3 is 2.40 bits per heavy atom. The van der Waals surface area contributed by atoms with Crippen LogP contribution in [0.2, 0.25) is 5.02 Å². The number of nitrogens with zero attached hydrogens (tertiary/aromatic N) is 1. The molecule has 2 aliphatic rings. The Morgan fingerprint density at radius 2 is 1.67 bits per heavy atom. The van der Waals surface area contributed by atoms with Gasteiger partial charge in [-0.15, -0.1) is 0 Å². The van der Waals surface area contributed by atoms with E-state index in [4.69, 9.17) is 11.6 Å². The van der Waals surface area contributed by atoms with Crippen LogP contribution in [0.15, 0.2) is 60.7 Å². The number of amides is 2. The molecule has 0 aromatic heterocycles. The number of hydrogen-bond donors (Lipinski definition) is 1. The molecule has 0 aliphatic carbocycles. The highest BCUT2D eigenvalue weighted by Crippen LogP contribution is 2.34. The Labute approximate surface area is 180 Å². The molecule has 0 atom stereocenters. The molecule has 2 aliphatic heterocycles. The summed E-state index contributed by atoms with van der Waals surface area (Å²) in [5, 5.41) is 5.83. The number of likely N-dealkylation sites (tertiary alicyclic amines) is 1. The third kappa shape index (κ3) is 3.35. The molecule has 4 nitrogen and oxygen atoms in total. The van der Waals surface area contributed by atoms with Crippen LogP contribution in [0.3, 0.4) is 0 Å². The van der Waals surface area contributed by atoms with Crippen LogP contribution in [0.5, 0.6) is 0 Å². The van der Waals surface area contributed by atoms with E-state index in [1.54, 1.807) is 0 Å². The number of carbonyl (C=O) groups excluding carboxylic acids is 2. The first kappa shape index (κ1) is 19.1. The fraction of sp³-hybridized carbons (Fsp3) is 0.280. The van der Waals surface area contributed by atoms with Crippen LogP contribution in [-0.4, -0.2) is 35.3 Å². The maximum atomic E-state index is 13.4. The highest BCUT2D eigenvalue weighted by Gasteiger charge is 2.41. The van der Waals surface area contributed by atoms with Gasteiger partial charge in [0.2, 0.25) is 5.91 Å². The van der Waals surface area contributed by atoms with Crippen molar-refractivity contribution in [2.75, 3.05) is 13.1 Å². The minimum absolute atomic E-state index is 0.0583. The lowest BCUT2D eigenvalue weighted by Gasteiger charge is -2.39. The van der Waals surface area contributed by atoms with E-state index in [1.165, 1.54) is 0 Å². The molecule has 3 aromatic rings. The molecular weight excluding hydrogens is 396 g/mol. The monoisotopic (exact) mass is 418 g/mol. The zero-order chi connectivity index (χ0) is 20.7. The van der Waals surface area contributed by atoms with Crippen LogP contribution in [0.25, 0.3) is 21.9 Å². The van der Waals surface area contributed by atoms with Crippen molar-refractivity contribution in [3.63, 3.8) is 0 Å². The molecule has 0 unspecified atom stereocenters. The molecule has 2 saturated heterocycles. The van der Waals surface area contributed by atoms with Gasteiger partial charge in [0.15, 0.2) is 0 Å². The lowest BCUT2D eigenvalue weighted by atomic mass is 9.86. The Morgan fingerprint density at radius 1 is 0.933 bits per heavy atom. The predicted molar refractivity (Wildman–Crippen MR) is 120 cm³/mol. The number of benzene rings is 3. The van der Waals surface area contributed by atoms with Gasteiger partial charge in [-0.25, -0.2) is 0 Å². The van der Waals surface area contributed by atoms with Gasteiger partial charge in [0.05, 0.1) is 0 Å². The Hall–Kier alpha value is -2.85. The Balaban J connectivity index is 1.46. The minimum atomic E-state index is -0.105. The lowest BCUT2D eigenvalue weighted by molar-refractivity contribution is -0.120. The molecule has 0 saturated carbocycles. The highest BCUT2D eigenvalue weighted by molar-refractivity contribution is 6.31. The fourth-order valence-corrected chi connectivity index (χ4v) is 5.05. The summed E-state index contributed by atoms with van der Waals surface area (Å²) in [5.41, 5.74) is 2.72. The van der Waals surface area contributed by atoms with Gasteiger partial charge in [-0.3, -0.25) is 9.59 Å². The first-order chi connectivity index (χ1) is 14.5. The van der Waals surface area contributed by atoms with Crippen molar-refractivity contribution in [2.24, 2.45) is 0 Å². The van der Waals surface area contributed by atoms with Crippen molar-refractivity contribution in [3.05, 3.63) is 71.2 Å². The van der Waals surface area contributed by atoms with Gasteiger partial charge in [-0.05, 0) is 59.4 Å². The maximum Gasteiger partial charge on any atom is 0.254 e. The number of nitrogens with one attached hydrogen (secondary N) is 1. The molecule has 1 spiro atoms. The molecular formula is C25H23ClN2O2. The second-order valence-electron chi connectivity index (χ2n) is 8.34. The normalized spacial score (nSPS) is 18.0. The van der Waals surface area contributed by atoms with E-state index < -0.39 is 0 Å². The molecule has 0 radical (unpaired) electrons. The van der Waals surface area contributed by atoms with Crippen LogP contribution < -0.4 is 5.32 Å². The van der Waals surface area contributed by atoms with Crippen molar-refractivity contribution in [1.29, 1.82) is 0 Å². The molecule has 2 fully saturated rings. The Kier molecular flexibility index (Phi) is 4.75. The summed E-state index contributed by atoms with van der Waals surface area (Å²) < 4.78 is 0. The molecule has 2 heterocycles. The van der Waals surface area contributed by atoms with Gasteiger partial charge >= 0.3 is 0 Å². The first-order valence-corrected chi connectivity index (χ1v) is 10.8. The summed E-state index contributed by atoms with van der Waals surface area (Å²) in [6, 6.07) is 19.8. The molecule has 0 bridgehead atoms. The molecule has 5 heteroatoms. The SMILES string of the molecule is O=C1CCC2(CCN(C(=O)c3cccc4c(-c5cccc(Cl)c5)cccc34)CC2)N1. The van der Waals surface area contributed by atoms with Crippen LogP contribution in [0.1, 0.15) is 36.0 Å². The quantitative estimate of drug-likeness (QED) is 0.633. The van der Waals surface area contributed by atoms with E-state index in [0.717, 1.165) is 46.7 Å². The van der Waals surface area contributed by atoms with E-state index in [0.29, 0.717) is 24.5 Å². The van der Waals surface area contributed by atoms with Crippen molar-refractivity contribution < 1.29 is 9.59 Å². The van der Waals surface area contributed by atoms with E-state index in [2.05, 4.69) is 17.4 Å². The topological polar surface area (TPSA) is 49.4 Å². The zero-order valence-corrected chi connectivity index (χ0v) is 17.4.